The Morgan fingerprint density at radius 3 is 1.47 bits per heavy atom. The predicted octanol–water partition coefficient (Wildman–Crippen LogP) is 3.62. The van der Waals surface area contributed by atoms with Gasteiger partial charge in [0.2, 0.25) is 11.8 Å². The summed E-state index contributed by atoms with van der Waals surface area (Å²) in [7, 11) is 7.55. The molecule has 0 aliphatic rings. The van der Waals surface area contributed by atoms with Gasteiger partial charge in [-0.3, -0.25) is 9.59 Å². The smallest absolute Gasteiger partial charge is 0.231 e. The summed E-state index contributed by atoms with van der Waals surface area (Å²) in [5.41, 5.74) is 10.6. The zero-order valence-electron chi connectivity index (χ0n) is 11.0. The molecule has 0 saturated heterocycles. The second-order valence-corrected chi connectivity index (χ2v) is 11.7. The molecule has 0 spiro atoms. The first-order valence-electron chi connectivity index (χ1n) is 5.93. The zero-order chi connectivity index (χ0) is 14.7. The minimum absolute atomic E-state index is 0.143. The Bertz CT molecular complexity index is 255. The Morgan fingerprint density at radius 2 is 1.21 bits per heavy atom. The van der Waals surface area contributed by atoms with Gasteiger partial charge in [0, 0.05) is 0 Å². The second kappa shape index (κ2) is 12.4. The molecule has 0 aliphatic heterocycles. The summed E-state index contributed by atoms with van der Waals surface area (Å²) in [6.45, 7) is 4.06. The lowest BCUT2D eigenvalue weighted by atomic mass is 10.2. The fourth-order valence-electron chi connectivity index (χ4n) is 1.14. The van der Waals surface area contributed by atoms with Crippen LogP contribution in [0.2, 0.25) is 0 Å². The van der Waals surface area contributed by atoms with Crippen LogP contribution in [0, 0.1) is 0 Å². The van der Waals surface area contributed by atoms with Gasteiger partial charge in [0.1, 0.15) is 0 Å². The number of hydrogen-bond acceptors (Lipinski definition) is 7. The lowest BCUT2D eigenvalue weighted by Crippen LogP contribution is -2.24. The van der Waals surface area contributed by atoms with E-state index in [0.717, 1.165) is 25.7 Å². The van der Waals surface area contributed by atoms with Gasteiger partial charge in [-0.25, -0.2) is 0 Å². The highest BCUT2D eigenvalue weighted by atomic mass is 33.8. The fraction of sp³-hybridized carbons (Fsp3) is 0.800. The molecule has 112 valence electrons. The van der Waals surface area contributed by atoms with Gasteiger partial charge in [0.15, 0.2) is 0 Å². The first-order valence-corrected chi connectivity index (χ1v) is 12.2. The van der Waals surface area contributed by atoms with E-state index >= 15 is 0 Å². The highest BCUT2D eigenvalue weighted by Crippen LogP contribution is 2.51. The Balaban J connectivity index is 3.78. The second-order valence-electron chi connectivity index (χ2n) is 3.76. The maximum absolute atomic E-state index is 11.1. The third-order valence-electron chi connectivity index (χ3n) is 2.10. The fourth-order valence-corrected chi connectivity index (χ4v) is 10.9. The normalized spacial score (nSPS) is 14.0. The van der Waals surface area contributed by atoms with E-state index in [4.69, 9.17) is 11.5 Å². The summed E-state index contributed by atoms with van der Waals surface area (Å²) in [5.74, 6) is -0.530. The highest BCUT2D eigenvalue weighted by molar-refractivity contribution is 9.35. The maximum Gasteiger partial charge on any atom is 0.231 e. The van der Waals surface area contributed by atoms with Crippen LogP contribution in [0.15, 0.2) is 0 Å². The van der Waals surface area contributed by atoms with Crippen molar-refractivity contribution >= 4 is 62.9 Å². The zero-order valence-corrected chi connectivity index (χ0v) is 15.1. The van der Waals surface area contributed by atoms with E-state index in [-0.39, 0.29) is 22.3 Å². The van der Waals surface area contributed by atoms with Crippen molar-refractivity contribution in [2.24, 2.45) is 11.5 Å². The van der Waals surface area contributed by atoms with E-state index in [2.05, 4.69) is 0 Å². The van der Waals surface area contributed by atoms with Crippen LogP contribution < -0.4 is 11.5 Å². The third-order valence-corrected chi connectivity index (χ3v) is 11.4. The summed E-state index contributed by atoms with van der Waals surface area (Å²) >= 11 is 0. The van der Waals surface area contributed by atoms with E-state index in [1.807, 2.05) is 13.8 Å². The van der Waals surface area contributed by atoms with Crippen molar-refractivity contribution in [3.05, 3.63) is 0 Å². The molecule has 0 aromatic heterocycles. The molecular formula is C10H20N2O2S5. The van der Waals surface area contributed by atoms with Crippen LogP contribution >= 0.6 is 51.1 Å². The van der Waals surface area contributed by atoms with Crippen molar-refractivity contribution in [2.45, 2.75) is 50.0 Å². The third kappa shape index (κ3) is 10.1. The molecule has 4 nitrogen and oxygen atoms in total. The van der Waals surface area contributed by atoms with Crippen LogP contribution in [0.3, 0.4) is 0 Å². The summed E-state index contributed by atoms with van der Waals surface area (Å²) in [5, 5.41) is -0.286. The molecular weight excluding hydrogens is 340 g/mol. The molecule has 0 saturated carbocycles. The standard InChI is InChI=1S/C10H20N2O2S5/c1-3-5-7(9(11)13)15-17-19-18-16-8(6-4-2)10(12)14/h7-8H,3-6H2,1-2H3,(H2,11,13)(H2,12,14). The molecule has 4 N–H and O–H groups in total. The molecule has 0 aliphatic carbocycles. The molecule has 0 aromatic rings. The lowest BCUT2D eigenvalue weighted by Gasteiger charge is -2.11. The molecule has 0 bridgehead atoms. The van der Waals surface area contributed by atoms with Crippen molar-refractivity contribution in [3.63, 3.8) is 0 Å². The van der Waals surface area contributed by atoms with Crippen molar-refractivity contribution in [3.8, 4) is 0 Å². The number of nitrogens with two attached hydrogens (primary N) is 2. The van der Waals surface area contributed by atoms with Crippen molar-refractivity contribution in [1.29, 1.82) is 0 Å². The van der Waals surface area contributed by atoms with Crippen LogP contribution in [0.4, 0.5) is 0 Å². The van der Waals surface area contributed by atoms with Crippen LogP contribution in [0.25, 0.3) is 0 Å². The SMILES string of the molecule is CCCC(SSSSSC(CCC)C(N)=O)C(N)=O. The van der Waals surface area contributed by atoms with Gasteiger partial charge < -0.3 is 11.5 Å². The highest BCUT2D eigenvalue weighted by Gasteiger charge is 2.17. The summed E-state index contributed by atoms with van der Waals surface area (Å²) < 4.78 is 0. The van der Waals surface area contributed by atoms with Crippen LogP contribution in [-0.4, -0.2) is 22.3 Å². The first-order chi connectivity index (χ1) is 9.02. The molecule has 0 fully saturated rings. The Kier molecular flexibility index (Phi) is 12.9. The molecule has 19 heavy (non-hydrogen) atoms. The van der Waals surface area contributed by atoms with Crippen molar-refractivity contribution in [2.75, 3.05) is 0 Å². The minimum atomic E-state index is -0.265. The lowest BCUT2D eigenvalue weighted by molar-refractivity contribution is -0.118. The van der Waals surface area contributed by atoms with Gasteiger partial charge >= 0.3 is 0 Å². The number of amides is 2. The quantitative estimate of drug-likeness (QED) is 0.406. The molecule has 2 amide bonds. The Labute approximate surface area is 133 Å². The van der Waals surface area contributed by atoms with Crippen molar-refractivity contribution < 1.29 is 9.59 Å². The summed E-state index contributed by atoms with van der Waals surface area (Å²) in [6, 6.07) is 0. The average Bonchev–Trinajstić information content (AvgIpc) is 2.35. The van der Waals surface area contributed by atoms with Crippen molar-refractivity contribution in [1.82, 2.24) is 0 Å². The number of rotatable bonds is 12. The van der Waals surface area contributed by atoms with E-state index in [1.165, 1.54) is 41.2 Å². The summed E-state index contributed by atoms with van der Waals surface area (Å²) in [4.78, 5) is 22.3. The van der Waals surface area contributed by atoms with E-state index in [9.17, 15) is 9.59 Å². The Hall–Kier alpha value is 0.690. The predicted molar refractivity (Wildman–Crippen MR) is 93.7 cm³/mol. The van der Waals surface area contributed by atoms with Crippen LogP contribution in [0.5, 0.6) is 0 Å². The van der Waals surface area contributed by atoms with Gasteiger partial charge in [-0.1, -0.05) is 48.3 Å². The van der Waals surface area contributed by atoms with Crippen LogP contribution in [-0.2, 0) is 9.59 Å². The molecule has 0 aromatic carbocycles. The molecule has 2 atom stereocenters. The maximum atomic E-state index is 11.1. The monoisotopic (exact) mass is 360 g/mol. The van der Waals surface area contributed by atoms with Crippen LogP contribution in [0.1, 0.15) is 39.5 Å². The first kappa shape index (κ1) is 19.7. The van der Waals surface area contributed by atoms with E-state index < -0.39 is 0 Å². The van der Waals surface area contributed by atoms with Gasteiger partial charge in [-0.15, -0.1) is 0 Å². The van der Waals surface area contributed by atoms with Gasteiger partial charge in [0.05, 0.1) is 10.5 Å². The molecule has 0 heterocycles. The van der Waals surface area contributed by atoms with Gasteiger partial charge in [-0.05, 0) is 42.3 Å². The number of hydrogen-bond donors (Lipinski definition) is 2. The average molecular weight is 361 g/mol. The Morgan fingerprint density at radius 1 is 0.842 bits per heavy atom. The molecule has 9 heteroatoms. The molecule has 0 radical (unpaired) electrons. The number of carbonyl (C=O) groups excluding carboxylic acids is 2. The largest absolute Gasteiger partial charge is 0.369 e. The van der Waals surface area contributed by atoms with Gasteiger partial charge in [-0.2, -0.15) is 0 Å². The number of carbonyl (C=O) groups is 2. The minimum Gasteiger partial charge on any atom is -0.369 e. The van der Waals surface area contributed by atoms with E-state index in [1.54, 1.807) is 9.83 Å². The van der Waals surface area contributed by atoms with E-state index in [0.29, 0.717) is 0 Å². The topological polar surface area (TPSA) is 86.2 Å². The molecule has 2 unspecified atom stereocenters. The molecule has 0 rings (SSSR count). The summed E-state index contributed by atoms with van der Waals surface area (Å²) in [6.07, 6.45) is 3.47. The number of primary amides is 2. The van der Waals surface area contributed by atoms with Gasteiger partial charge in [0.25, 0.3) is 0 Å².